The third kappa shape index (κ3) is 10.7. The van der Waals surface area contributed by atoms with Gasteiger partial charge in [0.25, 0.3) is 0 Å². The van der Waals surface area contributed by atoms with Crippen molar-refractivity contribution in [2.75, 3.05) is 0 Å². The van der Waals surface area contributed by atoms with Gasteiger partial charge in [0, 0.05) is 5.56 Å². The van der Waals surface area contributed by atoms with Crippen molar-refractivity contribution in [3.63, 3.8) is 0 Å². The molecule has 0 heterocycles. The van der Waals surface area contributed by atoms with Crippen molar-refractivity contribution in [3.05, 3.63) is 35.9 Å². The Hall–Kier alpha value is 0.610. The number of hydrogen-bond donors (Lipinski definition) is 1. The van der Waals surface area contributed by atoms with E-state index in [0.29, 0.717) is 5.56 Å². The molecule has 0 saturated heterocycles. The standard InChI is InChI=1S/C7H7NO.CBr4/c8-7(9)6-4-2-1-3-5-6;2-1(3,4)5/h1-5H,(H2,8,9);. The number of alkyl halides is 4. The first-order chi connectivity index (χ1) is 6.30. The zero-order valence-electron chi connectivity index (χ0n) is 6.88. The number of amides is 1. The largest absolute Gasteiger partial charge is 0.366 e. The molecule has 0 saturated carbocycles. The summed E-state index contributed by atoms with van der Waals surface area (Å²) in [5.41, 5.74) is 5.53. The zero-order valence-corrected chi connectivity index (χ0v) is 13.2. The Bertz CT molecular complexity index is 277. The summed E-state index contributed by atoms with van der Waals surface area (Å²) in [5, 5.41) is 0. The number of benzene rings is 1. The lowest BCUT2D eigenvalue weighted by molar-refractivity contribution is 0.100. The summed E-state index contributed by atoms with van der Waals surface area (Å²) < 4.78 is -0.250. The summed E-state index contributed by atoms with van der Waals surface area (Å²) in [6.45, 7) is 0. The third-order valence-corrected chi connectivity index (χ3v) is 1.06. The van der Waals surface area contributed by atoms with E-state index in [1.165, 1.54) is 0 Å². The number of hydrogen-bond acceptors (Lipinski definition) is 1. The maximum absolute atomic E-state index is 10.4. The molecule has 1 rings (SSSR count). The van der Waals surface area contributed by atoms with Crippen LogP contribution in [0.3, 0.4) is 0 Å². The molecule has 0 fully saturated rings. The lowest BCUT2D eigenvalue weighted by Gasteiger charge is -1.93. The van der Waals surface area contributed by atoms with Gasteiger partial charge in [0.2, 0.25) is 5.91 Å². The minimum atomic E-state index is -0.379. The van der Waals surface area contributed by atoms with Crippen LogP contribution in [0.4, 0.5) is 0 Å². The molecule has 0 aliphatic rings. The highest BCUT2D eigenvalue weighted by molar-refractivity contribution is 9.52. The van der Waals surface area contributed by atoms with Gasteiger partial charge in [-0.15, -0.1) is 0 Å². The number of carbonyl (C=O) groups excluding carboxylic acids is 1. The van der Waals surface area contributed by atoms with Crippen molar-refractivity contribution in [3.8, 4) is 0 Å². The normalized spacial score (nSPS) is 10.0. The molecule has 0 radical (unpaired) electrons. The summed E-state index contributed by atoms with van der Waals surface area (Å²) in [6.07, 6.45) is 0. The van der Waals surface area contributed by atoms with Crippen molar-refractivity contribution in [1.29, 1.82) is 0 Å². The fourth-order valence-electron chi connectivity index (χ4n) is 0.602. The van der Waals surface area contributed by atoms with Gasteiger partial charge in [0.15, 0.2) is 1.05 Å². The Balaban J connectivity index is 0.000000292. The van der Waals surface area contributed by atoms with E-state index in [4.69, 9.17) is 5.73 Å². The average molecular weight is 453 g/mol. The molecule has 0 spiro atoms. The summed E-state index contributed by atoms with van der Waals surface area (Å²) in [7, 11) is 0. The lowest BCUT2D eigenvalue weighted by Crippen LogP contribution is -2.09. The predicted octanol–water partition coefficient (Wildman–Crippen LogP) is 3.96. The maximum Gasteiger partial charge on any atom is 0.248 e. The van der Waals surface area contributed by atoms with Gasteiger partial charge < -0.3 is 5.73 Å². The Morgan fingerprint density at radius 1 is 1.07 bits per heavy atom. The van der Waals surface area contributed by atoms with Crippen LogP contribution >= 0.6 is 63.7 Å². The van der Waals surface area contributed by atoms with E-state index in [1.54, 1.807) is 24.3 Å². The fourth-order valence-corrected chi connectivity index (χ4v) is 0.602. The molecule has 14 heavy (non-hydrogen) atoms. The molecule has 1 aromatic rings. The fraction of sp³-hybridized carbons (Fsp3) is 0.125. The van der Waals surface area contributed by atoms with Gasteiger partial charge in [-0.1, -0.05) is 18.2 Å². The second-order valence-electron chi connectivity index (χ2n) is 2.16. The van der Waals surface area contributed by atoms with Crippen LogP contribution < -0.4 is 5.73 Å². The first-order valence-corrected chi connectivity index (χ1v) is 6.58. The first-order valence-electron chi connectivity index (χ1n) is 3.41. The average Bonchev–Trinajstić information content (AvgIpc) is 2.03. The molecule has 0 aliphatic heterocycles. The predicted molar refractivity (Wildman–Crippen MR) is 73.4 cm³/mol. The van der Waals surface area contributed by atoms with Gasteiger partial charge in [-0.25, -0.2) is 0 Å². The molecule has 0 unspecified atom stereocenters. The van der Waals surface area contributed by atoms with E-state index < -0.39 is 0 Å². The van der Waals surface area contributed by atoms with Crippen LogP contribution in [0.25, 0.3) is 0 Å². The van der Waals surface area contributed by atoms with Crippen molar-refractivity contribution in [2.24, 2.45) is 5.73 Å². The molecule has 0 atom stereocenters. The zero-order chi connectivity index (χ0) is 11.2. The quantitative estimate of drug-likeness (QED) is 0.644. The van der Waals surface area contributed by atoms with E-state index in [0.717, 1.165) is 0 Å². The summed E-state index contributed by atoms with van der Waals surface area (Å²) in [4.78, 5) is 10.4. The molecule has 2 N–H and O–H groups in total. The molecular formula is C8H7Br4NO. The lowest BCUT2D eigenvalue weighted by atomic mass is 10.2. The monoisotopic (exact) mass is 449 g/mol. The van der Waals surface area contributed by atoms with Crippen LogP contribution in [0.1, 0.15) is 10.4 Å². The minimum absolute atomic E-state index is 0.250. The van der Waals surface area contributed by atoms with Gasteiger partial charge in [-0.3, -0.25) is 4.79 Å². The van der Waals surface area contributed by atoms with Crippen molar-refractivity contribution in [1.82, 2.24) is 0 Å². The highest BCUT2D eigenvalue weighted by Crippen LogP contribution is 2.39. The van der Waals surface area contributed by atoms with Crippen LogP contribution in [-0.4, -0.2) is 6.96 Å². The number of nitrogens with two attached hydrogens (primary N) is 1. The number of halogens is 4. The minimum Gasteiger partial charge on any atom is -0.366 e. The van der Waals surface area contributed by atoms with Crippen LogP contribution in [0.2, 0.25) is 0 Å². The molecular weight excluding hydrogens is 446 g/mol. The van der Waals surface area contributed by atoms with E-state index in [9.17, 15) is 4.79 Å². The summed E-state index contributed by atoms with van der Waals surface area (Å²) in [6, 6.07) is 8.76. The Labute approximate surface area is 116 Å². The summed E-state index contributed by atoms with van der Waals surface area (Å²) >= 11 is 12.5. The maximum atomic E-state index is 10.4. The Morgan fingerprint density at radius 3 is 1.64 bits per heavy atom. The number of primary amides is 1. The second-order valence-corrected chi connectivity index (χ2v) is 13.3. The van der Waals surface area contributed by atoms with Gasteiger partial charge in [-0.2, -0.15) is 0 Å². The van der Waals surface area contributed by atoms with Gasteiger partial charge in [0.1, 0.15) is 0 Å². The molecule has 0 bridgehead atoms. The van der Waals surface area contributed by atoms with E-state index in [2.05, 4.69) is 63.7 Å². The summed E-state index contributed by atoms with van der Waals surface area (Å²) in [5.74, 6) is -0.379. The molecule has 78 valence electrons. The van der Waals surface area contributed by atoms with E-state index in [-0.39, 0.29) is 6.96 Å². The van der Waals surface area contributed by atoms with Gasteiger partial charge in [0.05, 0.1) is 0 Å². The molecule has 1 amide bonds. The highest BCUT2D eigenvalue weighted by atomic mass is 80.0. The Morgan fingerprint density at radius 2 is 1.43 bits per heavy atom. The first kappa shape index (κ1) is 14.6. The smallest absolute Gasteiger partial charge is 0.248 e. The second kappa shape index (κ2) is 6.98. The van der Waals surface area contributed by atoms with Crippen molar-refractivity contribution in [2.45, 2.75) is 1.05 Å². The molecule has 6 heteroatoms. The molecule has 0 aromatic heterocycles. The van der Waals surface area contributed by atoms with Crippen molar-refractivity contribution < 1.29 is 4.79 Å². The van der Waals surface area contributed by atoms with E-state index >= 15 is 0 Å². The number of rotatable bonds is 1. The van der Waals surface area contributed by atoms with Crippen molar-refractivity contribution >= 4 is 69.6 Å². The van der Waals surface area contributed by atoms with Gasteiger partial charge >= 0.3 is 0 Å². The molecule has 0 aliphatic carbocycles. The van der Waals surface area contributed by atoms with E-state index in [1.807, 2.05) is 6.07 Å². The van der Waals surface area contributed by atoms with Crippen LogP contribution in [0, 0.1) is 0 Å². The van der Waals surface area contributed by atoms with Crippen LogP contribution in [0.15, 0.2) is 30.3 Å². The van der Waals surface area contributed by atoms with Crippen LogP contribution in [0.5, 0.6) is 0 Å². The topological polar surface area (TPSA) is 43.1 Å². The third-order valence-electron chi connectivity index (χ3n) is 1.06. The Kier molecular flexibility index (Phi) is 7.28. The number of carbonyl (C=O) groups is 1. The highest BCUT2D eigenvalue weighted by Gasteiger charge is 2.08. The van der Waals surface area contributed by atoms with Crippen LogP contribution in [-0.2, 0) is 0 Å². The van der Waals surface area contributed by atoms with Gasteiger partial charge in [-0.05, 0) is 75.9 Å². The molecule has 1 aromatic carbocycles. The SMILES string of the molecule is BrC(Br)(Br)Br.NC(=O)c1ccccc1. The molecule has 2 nitrogen and oxygen atoms in total.